The van der Waals surface area contributed by atoms with Crippen molar-refractivity contribution in [1.82, 2.24) is 9.80 Å². The molecule has 2 rings (SSSR count). The van der Waals surface area contributed by atoms with E-state index < -0.39 is 0 Å². The average molecular weight is 276 g/mol. The maximum absolute atomic E-state index is 12.7. The Labute approximate surface area is 120 Å². The van der Waals surface area contributed by atoms with Gasteiger partial charge >= 0.3 is 0 Å². The normalized spacial score (nSPS) is 19.2. The highest BCUT2D eigenvalue weighted by molar-refractivity contribution is 5.99. The fourth-order valence-electron chi connectivity index (χ4n) is 2.69. The Morgan fingerprint density at radius 1 is 1.45 bits per heavy atom. The summed E-state index contributed by atoms with van der Waals surface area (Å²) < 4.78 is 0. The van der Waals surface area contributed by atoms with Crippen molar-refractivity contribution in [3.05, 3.63) is 29.3 Å². The van der Waals surface area contributed by atoms with Crippen molar-refractivity contribution in [2.75, 3.05) is 32.6 Å². The van der Waals surface area contributed by atoms with Gasteiger partial charge in [-0.05, 0) is 46.0 Å². The predicted molar refractivity (Wildman–Crippen MR) is 81.6 cm³/mol. The van der Waals surface area contributed by atoms with Crippen molar-refractivity contribution in [3.63, 3.8) is 0 Å². The highest BCUT2D eigenvalue weighted by atomic mass is 16.2. The van der Waals surface area contributed by atoms with Gasteiger partial charge in [0.25, 0.3) is 5.91 Å². The summed E-state index contributed by atoms with van der Waals surface area (Å²) >= 11 is 0. The first-order valence-electron chi connectivity index (χ1n) is 7.06. The maximum Gasteiger partial charge on any atom is 0.256 e. The molecule has 3 N–H and O–H groups in total. The molecule has 20 heavy (non-hydrogen) atoms. The highest BCUT2D eigenvalue weighted by Gasteiger charge is 2.26. The summed E-state index contributed by atoms with van der Waals surface area (Å²) in [5.74, 6) is 5.58. The Morgan fingerprint density at radius 2 is 2.20 bits per heavy atom. The molecule has 0 aromatic heterocycles. The van der Waals surface area contributed by atoms with Gasteiger partial charge in [-0.15, -0.1) is 0 Å². The Hall–Kier alpha value is -1.59. The third-order valence-electron chi connectivity index (χ3n) is 3.98. The third-order valence-corrected chi connectivity index (χ3v) is 3.98. The molecular weight excluding hydrogens is 252 g/mol. The smallest absolute Gasteiger partial charge is 0.256 e. The molecule has 5 nitrogen and oxygen atoms in total. The summed E-state index contributed by atoms with van der Waals surface area (Å²) in [5, 5.41) is 0. The Balaban J connectivity index is 2.20. The molecule has 1 aromatic rings. The maximum atomic E-state index is 12.7. The van der Waals surface area contributed by atoms with Crippen LogP contribution in [0.4, 0.5) is 5.69 Å². The number of likely N-dealkylation sites (N-methyl/N-ethyl adjacent to an activating group) is 1. The SMILES string of the molecule is Cc1ccc(NN)c(C(=O)N2CCCC(N(C)C)C2)c1. The van der Waals surface area contributed by atoms with Gasteiger partial charge in [-0.2, -0.15) is 0 Å². The van der Waals surface area contributed by atoms with Crippen LogP contribution in [0, 0.1) is 6.92 Å². The molecule has 0 aliphatic carbocycles. The van der Waals surface area contributed by atoms with E-state index in [9.17, 15) is 4.79 Å². The number of rotatable bonds is 3. The van der Waals surface area contributed by atoms with E-state index >= 15 is 0 Å². The van der Waals surface area contributed by atoms with Crippen molar-refractivity contribution < 1.29 is 4.79 Å². The van der Waals surface area contributed by atoms with Gasteiger partial charge in [0.05, 0.1) is 11.3 Å². The molecule has 1 heterocycles. The molecule has 5 heteroatoms. The van der Waals surface area contributed by atoms with Gasteiger partial charge in [0.2, 0.25) is 0 Å². The molecule has 1 atom stereocenters. The molecule has 0 saturated carbocycles. The number of hydrogen-bond donors (Lipinski definition) is 2. The van der Waals surface area contributed by atoms with E-state index in [2.05, 4.69) is 24.4 Å². The number of amides is 1. The lowest BCUT2D eigenvalue weighted by molar-refractivity contribution is 0.0636. The molecule has 1 aliphatic rings. The van der Waals surface area contributed by atoms with Crippen molar-refractivity contribution in [2.24, 2.45) is 5.84 Å². The number of hydrazine groups is 1. The lowest BCUT2D eigenvalue weighted by atomic mass is 10.0. The van der Waals surface area contributed by atoms with Gasteiger partial charge in [0.1, 0.15) is 0 Å². The number of nitrogens with two attached hydrogens (primary N) is 1. The molecule has 0 spiro atoms. The second kappa shape index (κ2) is 6.24. The molecule has 1 unspecified atom stereocenters. The number of hydrogen-bond acceptors (Lipinski definition) is 4. The van der Waals surface area contributed by atoms with Gasteiger partial charge in [-0.1, -0.05) is 11.6 Å². The van der Waals surface area contributed by atoms with Crippen LogP contribution in [0.3, 0.4) is 0 Å². The van der Waals surface area contributed by atoms with E-state index in [-0.39, 0.29) is 5.91 Å². The third kappa shape index (κ3) is 3.11. The van der Waals surface area contributed by atoms with E-state index in [0.29, 0.717) is 17.3 Å². The van der Waals surface area contributed by atoms with Crippen LogP contribution in [-0.4, -0.2) is 48.9 Å². The first kappa shape index (κ1) is 14.8. The number of piperidine rings is 1. The second-order valence-corrected chi connectivity index (χ2v) is 5.70. The number of carbonyl (C=O) groups is 1. The van der Waals surface area contributed by atoms with Gasteiger partial charge in [-0.25, -0.2) is 0 Å². The van der Waals surface area contributed by atoms with Crippen LogP contribution >= 0.6 is 0 Å². The van der Waals surface area contributed by atoms with Crippen LogP contribution < -0.4 is 11.3 Å². The summed E-state index contributed by atoms with van der Waals surface area (Å²) in [5.41, 5.74) is 5.03. The van der Waals surface area contributed by atoms with Crippen LogP contribution in [0.2, 0.25) is 0 Å². The van der Waals surface area contributed by atoms with E-state index in [0.717, 1.165) is 31.5 Å². The summed E-state index contributed by atoms with van der Waals surface area (Å²) in [4.78, 5) is 16.8. The zero-order valence-corrected chi connectivity index (χ0v) is 12.5. The topological polar surface area (TPSA) is 61.6 Å². The molecular formula is C15H24N4O. The number of aryl methyl sites for hydroxylation is 1. The van der Waals surface area contributed by atoms with Crippen molar-refractivity contribution in [1.29, 1.82) is 0 Å². The van der Waals surface area contributed by atoms with Gasteiger partial charge in [0, 0.05) is 19.1 Å². The number of nitrogen functional groups attached to an aromatic ring is 1. The van der Waals surface area contributed by atoms with Crippen molar-refractivity contribution in [3.8, 4) is 0 Å². The molecule has 1 aliphatic heterocycles. The number of benzene rings is 1. The summed E-state index contributed by atoms with van der Waals surface area (Å²) in [7, 11) is 4.14. The van der Waals surface area contributed by atoms with Crippen molar-refractivity contribution in [2.45, 2.75) is 25.8 Å². The lowest BCUT2D eigenvalue weighted by Gasteiger charge is -2.36. The molecule has 0 radical (unpaired) electrons. The zero-order chi connectivity index (χ0) is 14.7. The molecule has 110 valence electrons. The highest BCUT2D eigenvalue weighted by Crippen LogP contribution is 2.21. The quantitative estimate of drug-likeness (QED) is 0.648. The van der Waals surface area contributed by atoms with Crippen molar-refractivity contribution >= 4 is 11.6 Å². The average Bonchev–Trinajstić information content (AvgIpc) is 2.46. The number of nitrogens with zero attached hydrogens (tertiary/aromatic N) is 2. The molecule has 1 fully saturated rings. The standard InChI is InChI=1S/C15H24N4O/c1-11-6-7-14(17-16)13(9-11)15(20)19-8-4-5-12(10-19)18(2)3/h6-7,9,12,17H,4-5,8,10,16H2,1-3H3. The largest absolute Gasteiger partial charge is 0.337 e. The first-order chi connectivity index (χ1) is 9.52. The van der Waals surface area contributed by atoms with E-state index in [1.54, 1.807) is 0 Å². The molecule has 1 amide bonds. The monoisotopic (exact) mass is 276 g/mol. The summed E-state index contributed by atoms with van der Waals surface area (Å²) in [6.45, 7) is 3.58. The first-order valence-corrected chi connectivity index (χ1v) is 7.06. The van der Waals surface area contributed by atoms with Crippen LogP contribution in [0.25, 0.3) is 0 Å². The van der Waals surface area contributed by atoms with Gasteiger partial charge in [-0.3, -0.25) is 10.6 Å². The van der Waals surface area contributed by atoms with Crippen LogP contribution in [0.15, 0.2) is 18.2 Å². The van der Waals surface area contributed by atoms with E-state index in [4.69, 9.17) is 5.84 Å². The summed E-state index contributed by atoms with van der Waals surface area (Å²) in [6.07, 6.45) is 2.19. The second-order valence-electron chi connectivity index (χ2n) is 5.70. The number of likely N-dealkylation sites (tertiary alicyclic amines) is 1. The van der Waals surface area contributed by atoms with Crippen LogP contribution in [0.5, 0.6) is 0 Å². The minimum absolute atomic E-state index is 0.0631. The van der Waals surface area contributed by atoms with Crippen LogP contribution in [0.1, 0.15) is 28.8 Å². The Bertz CT molecular complexity index is 487. The fourth-order valence-corrected chi connectivity index (χ4v) is 2.69. The minimum atomic E-state index is 0.0631. The predicted octanol–water partition coefficient (Wildman–Crippen LogP) is 1.45. The van der Waals surface area contributed by atoms with Crippen LogP contribution in [-0.2, 0) is 0 Å². The number of nitrogens with one attached hydrogen (secondary N) is 1. The van der Waals surface area contributed by atoms with E-state index in [1.165, 1.54) is 0 Å². The van der Waals surface area contributed by atoms with Gasteiger partial charge < -0.3 is 15.2 Å². The molecule has 0 bridgehead atoms. The Kier molecular flexibility index (Phi) is 4.62. The summed E-state index contributed by atoms with van der Waals surface area (Å²) in [6, 6.07) is 6.14. The van der Waals surface area contributed by atoms with E-state index in [1.807, 2.05) is 30.0 Å². The molecule has 1 aromatic carbocycles. The fraction of sp³-hybridized carbons (Fsp3) is 0.533. The number of carbonyl (C=O) groups excluding carboxylic acids is 1. The van der Waals surface area contributed by atoms with Gasteiger partial charge in [0.15, 0.2) is 0 Å². The number of anilines is 1. The zero-order valence-electron chi connectivity index (χ0n) is 12.5. The lowest BCUT2D eigenvalue weighted by Crippen LogP contribution is -2.47. The molecule has 1 saturated heterocycles. The Morgan fingerprint density at radius 3 is 2.85 bits per heavy atom. The minimum Gasteiger partial charge on any atom is -0.337 e.